The fourth-order valence-electron chi connectivity index (χ4n) is 1.74. The molecule has 2 rings (SSSR count). The van der Waals surface area contributed by atoms with Crippen LogP contribution in [-0.2, 0) is 9.59 Å². The van der Waals surface area contributed by atoms with E-state index in [0.29, 0.717) is 17.4 Å². The van der Waals surface area contributed by atoms with Crippen LogP contribution in [-0.4, -0.2) is 39.9 Å². The van der Waals surface area contributed by atoms with Gasteiger partial charge in [0.2, 0.25) is 11.8 Å². The Kier molecular flexibility index (Phi) is 3.81. The minimum atomic E-state index is -0.369. The van der Waals surface area contributed by atoms with Gasteiger partial charge in [0, 0.05) is 19.2 Å². The van der Waals surface area contributed by atoms with Crippen LogP contribution < -0.4 is 5.32 Å². The van der Waals surface area contributed by atoms with Gasteiger partial charge < -0.3 is 15.3 Å². The van der Waals surface area contributed by atoms with Crippen LogP contribution in [0, 0.1) is 0 Å². The predicted molar refractivity (Wildman–Crippen MR) is 68.0 cm³/mol. The zero-order valence-corrected chi connectivity index (χ0v) is 11.1. The van der Waals surface area contributed by atoms with Gasteiger partial charge in [-0.1, -0.05) is 0 Å². The number of aromatic hydroxyl groups is 1. The Morgan fingerprint density at radius 2 is 2.39 bits per heavy atom. The number of pyridine rings is 1. The molecule has 1 fully saturated rings. The summed E-state index contributed by atoms with van der Waals surface area (Å²) in [6.45, 7) is 0.594. The molecule has 1 aliphatic rings. The summed E-state index contributed by atoms with van der Waals surface area (Å²) in [4.78, 5) is 28.4. The molecule has 1 aromatic heterocycles. The van der Waals surface area contributed by atoms with Gasteiger partial charge in [-0.05, 0) is 28.4 Å². The van der Waals surface area contributed by atoms with E-state index in [1.54, 1.807) is 6.07 Å². The van der Waals surface area contributed by atoms with Crippen molar-refractivity contribution in [2.75, 3.05) is 18.4 Å². The molecule has 2 N–H and O–H groups in total. The van der Waals surface area contributed by atoms with Gasteiger partial charge in [0.1, 0.15) is 0 Å². The first-order chi connectivity index (χ1) is 8.58. The molecular weight excluding hydrogens is 302 g/mol. The summed E-state index contributed by atoms with van der Waals surface area (Å²) in [5, 5.41) is 12.1. The minimum Gasteiger partial charge on any atom is -0.503 e. The second kappa shape index (κ2) is 5.34. The molecule has 0 bridgehead atoms. The third kappa shape index (κ3) is 2.79. The van der Waals surface area contributed by atoms with Crippen molar-refractivity contribution in [1.29, 1.82) is 0 Å². The molecule has 1 aliphatic heterocycles. The van der Waals surface area contributed by atoms with Crippen LogP contribution >= 0.6 is 15.9 Å². The van der Waals surface area contributed by atoms with E-state index in [9.17, 15) is 14.7 Å². The number of carbonyl (C=O) groups excluding carboxylic acids is 2. The van der Waals surface area contributed by atoms with Crippen molar-refractivity contribution in [3.8, 4) is 5.75 Å². The lowest BCUT2D eigenvalue weighted by Crippen LogP contribution is -2.34. The maximum absolute atomic E-state index is 11.7. The van der Waals surface area contributed by atoms with Gasteiger partial charge in [-0.15, -0.1) is 0 Å². The van der Waals surface area contributed by atoms with Gasteiger partial charge in [0.05, 0.1) is 11.0 Å². The number of likely N-dealkylation sites (tertiary alicyclic amines) is 1. The van der Waals surface area contributed by atoms with Crippen LogP contribution in [0.1, 0.15) is 12.8 Å². The summed E-state index contributed by atoms with van der Waals surface area (Å²) in [7, 11) is 0. The zero-order valence-electron chi connectivity index (χ0n) is 9.52. The van der Waals surface area contributed by atoms with E-state index in [2.05, 4.69) is 26.2 Å². The predicted octanol–water partition coefficient (Wildman–Crippen LogP) is 1.11. The molecule has 7 heteroatoms. The number of hydrogen-bond acceptors (Lipinski definition) is 4. The summed E-state index contributed by atoms with van der Waals surface area (Å²) in [6.07, 6.45) is 2.74. The van der Waals surface area contributed by atoms with E-state index in [-0.39, 0.29) is 29.9 Å². The Bertz CT molecular complexity index is 492. The standard InChI is InChI=1S/C11H12BrN3O3/c12-7-3-4-13-11(10(7)18)14-8(16)6-15-5-1-2-9(15)17/h3-4,18H,1-2,5-6H2,(H,13,14,16). The lowest BCUT2D eigenvalue weighted by atomic mass is 10.4. The van der Waals surface area contributed by atoms with E-state index in [4.69, 9.17) is 0 Å². The number of carbonyl (C=O) groups is 2. The van der Waals surface area contributed by atoms with E-state index in [1.807, 2.05) is 0 Å². The molecule has 2 amide bonds. The summed E-state index contributed by atoms with van der Waals surface area (Å²) >= 11 is 3.13. The second-order valence-electron chi connectivity index (χ2n) is 3.96. The molecule has 0 atom stereocenters. The number of hydrogen-bond donors (Lipinski definition) is 2. The number of anilines is 1. The van der Waals surface area contributed by atoms with E-state index in [0.717, 1.165) is 6.42 Å². The maximum atomic E-state index is 11.7. The number of nitrogens with zero attached hydrogens (tertiary/aromatic N) is 2. The molecule has 0 spiro atoms. The van der Waals surface area contributed by atoms with Gasteiger partial charge in [-0.3, -0.25) is 9.59 Å². The third-order valence-corrected chi connectivity index (χ3v) is 3.28. The quantitative estimate of drug-likeness (QED) is 0.875. The second-order valence-corrected chi connectivity index (χ2v) is 4.81. The van der Waals surface area contributed by atoms with Gasteiger partial charge in [0.15, 0.2) is 11.6 Å². The van der Waals surface area contributed by atoms with Crippen molar-refractivity contribution in [2.45, 2.75) is 12.8 Å². The SMILES string of the molecule is O=C(CN1CCCC1=O)Nc1nccc(Br)c1O. The first-order valence-electron chi connectivity index (χ1n) is 5.49. The molecule has 0 unspecified atom stereocenters. The number of aromatic nitrogens is 1. The van der Waals surface area contributed by atoms with Gasteiger partial charge in [-0.25, -0.2) is 4.98 Å². The number of amides is 2. The lowest BCUT2D eigenvalue weighted by molar-refractivity contribution is -0.131. The van der Waals surface area contributed by atoms with Crippen molar-refractivity contribution in [2.24, 2.45) is 0 Å². The smallest absolute Gasteiger partial charge is 0.245 e. The van der Waals surface area contributed by atoms with Crippen LogP contribution in [0.2, 0.25) is 0 Å². The third-order valence-electron chi connectivity index (χ3n) is 2.64. The lowest BCUT2D eigenvalue weighted by Gasteiger charge is -2.15. The highest BCUT2D eigenvalue weighted by molar-refractivity contribution is 9.10. The van der Waals surface area contributed by atoms with Crippen molar-refractivity contribution < 1.29 is 14.7 Å². The molecule has 0 aliphatic carbocycles. The summed E-state index contributed by atoms with van der Waals surface area (Å²) in [5.41, 5.74) is 0. The monoisotopic (exact) mass is 313 g/mol. The van der Waals surface area contributed by atoms with Crippen LogP contribution in [0.3, 0.4) is 0 Å². The molecule has 1 aromatic rings. The van der Waals surface area contributed by atoms with E-state index < -0.39 is 0 Å². The maximum Gasteiger partial charge on any atom is 0.245 e. The highest BCUT2D eigenvalue weighted by atomic mass is 79.9. The van der Waals surface area contributed by atoms with E-state index in [1.165, 1.54) is 11.1 Å². The van der Waals surface area contributed by atoms with Gasteiger partial charge in [0.25, 0.3) is 0 Å². The van der Waals surface area contributed by atoms with E-state index >= 15 is 0 Å². The molecule has 0 radical (unpaired) electrons. The topological polar surface area (TPSA) is 82.5 Å². The Morgan fingerprint density at radius 3 is 3.06 bits per heavy atom. The average molecular weight is 314 g/mol. The molecule has 6 nitrogen and oxygen atoms in total. The van der Waals surface area contributed by atoms with Crippen molar-refractivity contribution in [3.63, 3.8) is 0 Å². The normalized spacial score (nSPS) is 14.9. The number of nitrogens with one attached hydrogen (secondary N) is 1. The van der Waals surface area contributed by atoms with Crippen LogP contribution in [0.25, 0.3) is 0 Å². The Balaban J connectivity index is 1.99. The largest absolute Gasteiger partial charge is 0.503 e. The molecular formula is C11H12BrN3O3. The molecule has 2 heterocycles. The van der Waals surface area contributed by atoms with Crippen molar-refractivity contribution >= 4 is 33.6 Å². The van der Waals surface area contributed by atoms with Crippen LogP contribution in [0.4, 0.5) is 5.82 Å². The van der Waals surface area contributed by atoms with Crippen molar-refractivity contribution in [1.82, 2.24) is 9.88 Å². The number of halogens is 1. The summed E-state index contributed by atoms with van der Waals surface area (Å²) in [5.74, 6) is -0.428. The highest BCUT2D eigenvalue weighted by Crippen LogP contribution is 2.29. The molecule has 0 aromatic carbocycles. The summed E-state index contributed by atoms with van der Waals surface area (Å²) < 4.78 is 0.449. The fraction of sp³-hybridized carbons (Fsp3) is 0.364. The summed E-state index contributed by atoms with van der Waals surface area (Å²) in [6, 6.07) is 1.56. The average Bonchev–Trinajstić information content (AvgIpc) is 2.71. The van der Waals surface area contributed by atoms with Gasteiger partial charge in [-0.2, -0.15) is 0 Å². The van der Waals surface area contributed by atoms with Crippen LogP contribution in [0.15, 0.2) is 16.7 Å². The molecule has 96 valence electrons. The first-order valence-corrected chi connectivity index (χ1v) is 6.28. The Labute approximate surface area is 112 Å². The molecule has 1 saturated heterocycles. The Hall–Kier alpha value is -1.63. The first kappa shape index (κ1) is 12.8. The van der Waals surface area contributed by atoms with Crippen LogP contribution in [0.5, 0.6) is 5.75 Å². The highest BCUT2D eigenvalue weighted by Gasteiger charge is 2.22. The number of rotatable bonds is 3. The fourth-order valence-corrected chi connectivity index (χ4v) is 2.04. The molecule has 0 saturated carbocycles. The minimum absolute atomic E-state index is 0.00747. The van der Waals surface area contributed by atoms with Gasteiger partial charge >= 0.3 is 0 Å². The molecule has 18 heavy (non-hydrogen) atoms. The van der Waals surface area contributed by atoms with Crippen molar-refractivity contribution in [3.05, 3.63) is 16.7 Å². The zero-order chi connectivity index (χ0) is 13.1. The Morgan fingerprint density at radius 1 is 1.61 bits per heavy atom.